The van der Waals surface area contributed by atoms with E-state index < -0.39 is 0 Å². The Labute approximate surface area is 110 Å². The summed E-state index contributed by atoms with van der Waals surface area (Å²) in [6, 6.07) is 0. The second-order valence-corrected chi connectivity index (χ2v) is 3.94. The molecule has 9 heteroatoms. The van der Waals surface area contributed by atoms with E-state index in [4.69, 9.17) is 4.52 Å². The molecule has 0 saturated heterocycles. The average Bonchev–Trinajstić information content (AvgIpc) is 2.91. The van der Waals surface area contributed by atoms with Gasteiger partial charge >= 0.3 is 0 Å². The molecule has 0 amide bonds. The molecule has 0 saturated carbocycles. The van der Waals surface area contributed by atoms with Gasteiger partial charge in [-0.15, -0.1) is 0 Å². The molecule has 0 spiro atoms. The molecular formula is C10H16N8O. The summed E-state index contributed by atoms with van der Waals surface area (Å²) >= 11 is 0. The van der Waals surface area contributed by atoms with Crippen LogP contribution in [0.5, 0.6) is 0 Å². The molecule has 0 bridgehead atoms. The predicted octanol–water partition coefficient (Wildman–Crippen LogP) is 0.0169. The molecule has 19 heavy (non-hydrogen) atoms. The van der Waals surface area contributed by atoms with Crippen LogP contribution in [0, 0.1) is 0 Å². The van der Waals surface area contributed by atoms with E-state index in [0.717, 1.165) is 0 Å². The minimum Gasteiger partial charge on any atom is -0.357 e. The maximum Gasteiger partial charge on any atom is 0.231 e. The Morgan fingerprint density at radius 1 is 1.21 bits per heavy atom. The Bertz CT molecular complexity index is 512. The SMILES string of the molecule is CNc1nc(NCCc2ncno2)nc(N(C)C)n1. The number of nitrogens with one attached hydrogen (secondary N) is 2. The first kappa shape index (κ1) is 13.0. The van der Waals surface area contributed by atoms with Gasteiger partial charge in [0, 0.05) is 34.1 Å². The minimum atomic E-state index is 0.502. The Balaban J connectivity index is 2.00. The Morgan fingerprint density at radius 2 is 2.00 bits per heavy atom. The Kier molecular flexibility index (Phi) is 4.06. The van der Waals surface area contributed by atoms with Crippen molar-refractivity contribution in [2.45, 2.75) is 6.42 Å². The van der Waals surface area contributed by atoms with Crippen LogP contribution < -0.4 is 15.5 Å². The van der Waals surface area contributed by atoms with E-state index >= 15 is 0 Å². The smallest absolute Gasteiger partial charge is 0.231 e. The van der Waals surface area contributed by atoms with Gasteiger partial charge in [-0.3, -0.25) is 0 Å². The van der Waals surface area contributed by atoms with Crippen LogP contribution in [0.3, 0.4) is 0 Å². The highest BCUT2D eigenvalue weighted by Gasteiger charge is 2.07. The van der Waals surface area contributed by atoms with Gasteiger partial charge in [0.05, 0.1) is 0 Å². The Morgan fingerprint density at radius 3 is 2.63 bits per heavy atom. The quantitative estimate of drug-likeness (QED) is 0.746. The number of hydrogen-bond donors (Lipinski definition) is 2. The molecule has 0 aliphatic carbocycles. The van der Waals surface area contributed by atoms with Crippen molar-refractivity contribution in [1.29, 1.82) is 0 Å². The lowest BCUT2D eigenvalue weighted by Gasteiger charge is -2.12. The van der Waals surface area contributed by atoms with E-state index in [9.17, 15) is 0 Å². The van der Waals surface area contributed by atoms with E-state index in [1.54, 1.807) is 7.05 Å². The van der Waals surface area contributed by atoms with Crippen LogP contribution in [0.4, 0.5) is 17.8 Å². The monoisotopic (exact) mass is 264 g/mol. The van der Waals surface area contributed by atoms with Crippen LogP contribution in [0.25, 0.3) is 0 Å². The summed E-state index contributed by atoms with van der Waals surface area (Å²) < 4.78 is 4.90. The number of rotatable bonds is 6. The number of aromatic nitrogens is 5. The zero-order chi connectivity index (χ0) is 13.7. The topological polar surface area (TPSA) is 105 Å². The second kappa shape index (κ2) is 5.94. The van der Waals surface area contributed by atoms with Gasteiger partial charge in [-0.2, -0.15) is 19.9 Å². The van der Waals surface area contributed by atoms with Crippen molar-refractivity contribution < 1.29 is 4.52 Å². The van der Waals surface area contributed by atoms with Gasteiger partial charge in [-0.25, -0.2) is 0 Å². The molecule has 0 radical (unpaired) electrons. The third-order valence-corrected chi connectivity index (χ3v) is 2.28. The lowest BCUT2D eigenvalue weighted by molar-refractivity contribution is 0.379. The normalized spacial score (nSPS) is 10.3. The first-order valence-corrected chi connectivity index (χ1v) is 5.79. The molecule has 2 heterocycles. The first-order chi connectivity index (χ1) is 9.19. The number of anilines is 3. The molecule has 0 aromatic carbocycles. The van der Waals surface area contributed by atoms with Crippen LogP contribution in [-0.4, -0.2) is 52.8 Å². The molecule has 0 aliphatic heterocycles. The molecule has 2 N–H and O–H groups in total. The van der Waals surface area contributed by atoms with Gasteiger partial charge in [0.2, 0.25) is 23.7 Å². The number of nitrogens with zero attached hydrogens (tertiary/aromatic N) is 6. The van der Waals surface area contributed by atoms with Gasteiger partial charge < -0.3 is 20.1 Å². The van der Waals surface area contributed by atoms with Crippen LogP contribution in [0.15, 0.2) is 10.9 Å². The molecule has 2 aromatic heterocycles. The largest absolute Gasteiger partial charge is 0.357 e. The van der Waals surface area contributed by atoms with Crippen molar-refractivity contribution in [3.8, 4) is 0 Å². The molecule has 2 aromatic rings. The van der Waals surface area contributed by atoms with E-state index in [2.05, 4.69) is 35.7 Å². The zero-order valence-corrected chi connectivity index (χ0v) is 11.1. The van der Waals surface area contributed by atoms with Gasteiger partial charge in [0.1, 0.15) is 0 Å². The summed E-state index contributed by atoms with van der Waals surface area (Å²) in [6.45, 7) is 0.599. The van der Waals surface area contributed by atoms with Crippen LogP contribution in [0.2, 0.25) is 0 Å². The molecule has 0 aliphatic rings. The fourth-order valence-corrected chi connectivity index (χ4v) is 1.34. The summed E-state index contributed by atoms with van der Waals surface area (Å²) in [5.41, 5.74) is 0. The lowest BCUT2D eigenvalue weighted by Crippen LogP contribution is -2.17. The van der Waals surface area contributed by atoms with Gasteiger partial charge in [-0.05, 0) is 0 Å². The van der Waals surface area contributed by atoms with Crippen molar-refractivity contribution in [3.05, 3.63) is 12.2 Å². The predicted molar refractivity (Wildman–Crippen MR) is 70.2 cm³/mol. The Hall–Kier alpha value is -2.45. The summed E-state index contributed by atoms with van der Waals surface area (Å²) in [6.07, 6.45) is 1.99. The third-order valence-electron chi connectivity index (χ3n) is 2.28. The fraction of sp³-hybridized carbons (Fsp3) is 0.500. The summed E-state index contributed by atoms with van der Waals surface area (Å²) in [5, 5.41) is 9.53. The number of hydrogen-bond acceptors (Lipinski definition) is 9. The highest BCUT2D eigenvalue weighted by atomic mass is 16.5. The van der Waals surface area contributed by atoms with Gasteiger partial charge in [-0.1, -0.05) is 5.16 Å². The van der Waals surface area contributed by atoms with Crippen molar-refractivity contribution >= 4 is 17.8 Å². The van der Waals surface area contributed by atoms with E-state index in [0.29, 0.717) is 36.7 Å². The van der Waals surface area contributed by atoms with Gasteiger partial charge in [0.15, 0.2) is 6.33 Å². The maximum absolute atomic E-state index is 4.90. The molecule has 0 atom stereocenters. The second-order valence-electron chi connectivity index (χ2n) is 3.94. The third kappa shape index (κ3) is 3.50. The van der Waals surface area contributed by atoms with Crippen LogP contribution in [-0.2, 0) is 6.42 Å². The van der Waals surface area contributed by atoms with Crippen LogP contribution >= 0.6 is 0 Å². The fourth-order valence-electron chi connectivity index (χ4n) is 1.34. The zero-order valence-electron chi connectivity index (χ0n) is 11.1. The molecule has 102 valence electrons. The van der Waals surface area contributed by atoms with Crippen molar-refractivity contribution in [3.63, 3.8) is 0 Å². The molecular weight excluding hydrogens is 248 g/mol. The summed E-state index contributed by atoms with van der Waals surface area (Å²) in [5.74, 6) is 2.17. The lowest BCUT2D eigenvalue weighted by atomic mass is 10.4. The first-order valence-electron chi connectivity index (χ1n) is 5.79. The highest BCUT2D eigenvalue weighted by molar-refractivity contribution is 5.42. The average molecular weight is 264 g/mol. The van der Waals surface area contributed by atoms with Crippen molar-refractivity contribution in [2.75, 3.05) is 43.2 Å². The molecule has 0 unspecified atom stereocenters. The summed E-state index contributed by atoms with van der Waals surface area (Å²) in [4.78, 5) is 18.5. The van der Waals surface area contributed by atoms with Gasteiger partial charge in [0.25, 0.3) is 0 Å². The molecule has 2 rings (SSSR count). The van der Waals surface area contributed by atoms with E-state index in [1.807, 2.05) is 19.0 Å². The highest BCUT2D eigenvalue weighted by Crippen LogP contribution is 2.10. The maximum atomic E-state index is 4.90. The van der Waals surface area contributed by atoms with Crippen molar-refractivity contribution in [2.24, 2.45) is 0 Å². The molecule has 9 nitrogen and oxygen atoms in total. The van der Waals surface area contributed by atoms with Crippen LogP contribution in [0.1, 0.15) is 5.89 Å². The van der Waals surface area contributed by atoms with Crippen molar-refractivity contribution in [1.82, 2.24) is 25.1 Å². The van der Waals surface area contributed by atoms with E-state index in [-0.39, 0.29) is 0 Å². The summed E-state index contributed by atoms with van der Waals surface area (Å²) in [7, 11) is 5.50. The van der Waals surface area contributed by atoms with E-state index in [1.165, 1.54) is 6.33 Å². The molecule has 0 fully saturated rings. The minimum absolute atomic E-state index is 0.502. The standard InChI is InChI=1S/C10H16N8O/c1-11-8-15-9(17-10(16-8)18(2)3)12-5-4-7-13-6-14-19-7/h6H,4-5H2,1-3H3,(H2,11,12,15,16,17).